The predicted molar refractivity (Wildman–Crippen MR) is 56.8 cm³/mol. The van der Waals surface area contributed by atoms with E-state index in [9.17, 15) is 21.6 Å². The molecule has 0 bridgehead atoms. The summed E-state index contributed by atoms with van der Waals surface area (Å²) in [5.41, 5.74) is 4.86. The fourth-order valence-corrected chi connectivity index (χ4v) is 2.25. The van der Waals surface area contributed by atoms with Crippen molar-refractivity contribution in [2.75, 3.05) is 6.54 Å². The molecule has 3 nitrogen and oxygen atoms in total. The number of sulfone groups is 1. The normalized spacial score (nSPS) is 13.8. The second-order valence-corrected chi connectivity index (χ2v) is 5.11. The van der Waals surface area contributed by atoms with Crippen LogP contribution >= 0.6 is 0 Å². The van der Waals surface area contributed by atoms with Gasteiger partial charge in [-0.15, -0.1) is 0 Å². The van der Waals surface area contributed by atoms with Crippen molar-refractivity contribution < 1.29 is 21.6 Å². The lowest BCUT2D eigenvalue weighted by Crippen LogP contribution is -2.30. The molecule has 7 heteroatoms. The highest BCUT2D eigenvalue weighted by Crippen LogP contribution is 2.35. The summed E-state index contributed by atoms with van der Waals surface area (Å²) in [7, 11) is -5.09. The molecule has 2 N–H and O–H groups in total. The van der Waals surface area contributed by atoms with Crippen molar-refractivity contribution in [3.8, 4) is 0 Å². The first-order valence-corrected chi connectivity index (χ1v) is 6.06. The van der Waals surface area contributed by atoms with E-state index in [2.05, 4.69) is 0 Å². The molecule has 0 spiro atoms. The van der Waals surface area contributed by atoms with Gasteiger partial charge in [-0.25, -0.2) is 12.8 Å². The standard InChI is InChI=1S/C10H10F3NO2S/c11-9(6-7-14)10(12,13)17(15,16)8-4-2-1-3-5-8/h1-6H,7,14H2/b9-6-. The van der Waals surface area contributed by atoms with Crippen LogP contribution in [0.2, 0.25) is 0 Å². The highest BCUT2D eigenvalue weighted by Gasteiger charge is 2.50. The number of alkyl halides is 2. The molecule has 17 heavy (non-hydrogen) atoms. The largest absolute Gasteiger partial charge is 0.400 e. The summed E-state index contributed by atoms with van der Waals surface area (Å²) in [6.07, 6.45) is 0.334. The molecule has 1 aromatic carbocycles. The van der Waals surface area contributed by atoms with Crippen molar-refractivity contribution in [1.82, 2.24) is 0 Å². The molecule has 0 amide bonds. The quantitative estimate of drug-likeness (QED) is 0.904. The van der Waals surface area contributed by atoms with E-state index in [-0.39, 0.29) is 0 Å². The minimum Gasteiger partial charge on any atom is -0.327 e. The predicted octanol–water partition coefficient (Wildman–Crippen LogP) is 1.87. The lowest BCUT2D eigenvalue weighted by Gasteiger charge is -2.15. The molecule has 0 radical (unpaired) electrons. The van der Waals surface area contributed by atoms with Crippen LogP contribution in [0.1, 0.15) is 0 Å². The second kappa shape index (κ2) is 4.89. The van der Waals surface area contributed by atoms with Crippen LogP contribution < -0.4 is 5.73 Å². The summed E-state index contributed by atoms with van der Waals surface area (Å²) in [4.78, 5) is -0.648. The Morgan fingerprint density at radius 2 is 1.82 bits per heavy atom. The molecular formula is C10H10F3NO2S. The Hall–Kier alpha value is -1.34. The van der Waals surface area contributed by atoms with Gasteiger partial charge in [0.15, 0.2) is 5.83 Å². The van der Waals surface area contributed by atoms with Crippen LogP contribution in [0.5, 0.6) is 0 Å². The maximum atomic E-state index is 13.4. The minimum atomic E-state index is -5.09. The van der Waals surface area contributed by atoms with Gasteiger partial charge in [0.2, 0.25) is 0 Å². The molecule has 1 rings (SSSR count). The highest BCUT2D eigenvalue weighted by molar-refractivity contribution is 7.92. The van der Waals surface area contributed by atoms with E-state index in [1.807, 2.05) is 0 Å². The first kappa shape index (κ1) is 13.7. The van der Waals surface area contributed by atoms with Crippen LogP contribution in [-0.4, -0.2) is 20.2 Å². The zero-order valence-corrected chi connectivity index (χ0v) is 9.42. The number of hydrogen-bond donors (Lipinski definition) is 1. The Bertz CT molecular complexity index is 512. The highest BCUT2D eigenvalue weighted by atomic mass is 32.2. The Morgan fingerprint density at radius 3 is 2.29 bits per heavy atom. The van der Waals surface area contributed by atoms with E-state index in [0.29, 0.717) is 6.08 Å². The van der Waals surface area contributed by atoms with Gasteiger partial charge in [0, 0.05) is 6.54 Å². The maximum Gasteiger partial charge on any atom is 0.400 e. The van der Waals surface area contributed by atoms with Crippen molar-refractivity contribution in [2.24, 2.45) is 5.73 Å². The van der Waals surface area contributed by atoms with Gasteiger partial charge in [-0.1, -0.05) is 18.2 Å². The third-order valence-corrected chi connectivity index (χ3v) is 3.73. The third kappa shape index (κ3) is 2.50. The van der Waals surface area contributed by atoms with Gasteiger partial charge in [-0.05, 0) is 18.2 Å². The van der Waals surface area contributed by atoms with E-state index in [1.54, 1.807) is 0 Å². The van der Waals surface area contributed by atoms with Crippen LogP contribution in [0.4, 0.5) is 13.2 Å². The molecule has 0 saturated heterocycles. The third-order valence-electron chi connectivity index (χ3n) is 1.97. The Balaban J connectivity index is 3.29. The van der Waals surface area contributed by atoms with E-state index < -0.39 is 32.4 Å². The van der Waals surface area contributed by atoms with Crippen molar-refractivity contribution in [3.05, 3.63) is 42.2 Å². The molecule has 1 aromatic rings. The Morgan fingerprint density at radius 1 is 1.29 bits per heavy atom. The first-order chi connectivity index (χ1) is 7.84. The molecule has 94 valence electrons. The number of rotatable bonds is 4. The Kier molecular flexibility index (Phi) is 3.94. The lowest BCUT2D eigenvalue weighted by molar-refractivity contribution is 0.105. The molecule has 0 aliphatic heterocycles. The maximum absolute atomic E-state index is 13.4. The van der Waals surface area contributed by atoms with Crippen LogP contribution in [0, 0.1) is 0 Å². The zero-order valence-electron chi connectivity index (χ0n) is 8.61. The van der Waals surface area contributed by atoms with E-state index >= 15 is 0 Å². The minimum absolute atomic E-state index is 0.334. The van der Waals surface area contributed by atoms with Crippen LogP contribution in [0.25, 0.3) is 0 Å². The summed E-state index contributed by atoms with van der Waals surface area (Å²) in [6.45, 7) is -0.508. The average molecular weight is 265 g/mol. The average Bonchev–Trinajstić information content (AvgIpc) is 2.30. The molecule has 0 saturated carbocycles. The Labute approximate surface area is 96.7 Å². The number of benzene rings is 1. The zero-order chi connectivity index (χ0) is 13.1. The van der Waals surface area contributed by atoms with Gasteiger partial charge in [-0.2, -0.15) is 8.78 Å². The van der Waals surface area contributed by atoms with Gasteiger partial charge < -0.3 is 5.73 Å². The molecule has 0 aliphatic carbocycles. The van der Waals surface area contributed by atoms with Gasteiger partial charge in [0.05, 0.1) is 4.90 Å². The molecular weight excluding hydrogens is 255 g/mol. The smallest absolute Gasteiger partial charge is 0.327 e. The fourth-order valence-electron chi connectivity index (χ4n) is 1.10. The van der Waals surface area contributed by atoms with Crippen molar-refractivity contribution in [3.63, 3.8) is 0 Å². The van der Waals surface area contributed by atoms with Gasteiger partial charge in [0.1, 0.15) is 0 Å². The van der Waals surface area contributed by atoms with E-state index in [1.165, 1.54) is 18.2 Å². The molecule has 0 aromatic heterocycles. The number of nitrogens with two attached hydrogens (primary N) is 1. The van der Waals surface area contributed by atoms with E-state index in [4.69, 9.17) is 5.73 Å². The molecule has 0 aliphatic rings. The fraction of sp³-hybridized carbons (Fsp3) is 0.200. The SMILES string of the molecule is NC/C=C(\F)C(F)(F)S(=O)(=O)c1ccccc1. The summed E-state index contributed by atoms with van der Waals surface area (Å²) in [5, 5.41) is -4.60. The van der Waals surface area contributed by atoms with Crippen LogP contribution in [-0.2, 0) is 9.84 Å². The lowest BCUT2D eigenvalue weighted by atomic mass is 10.4. The van der Waals surface area contributed by atoms with Crippen molar-refractivity contribution in [1.29, 1.82) is 0 Å². The van der Waals surface area contributed by atoms with Gasteiger partial charge in [-0.3, -0.25) is 0 Å². The van der Waals surface area contributed by atoms with E-state index in [0.717, 1.165) is 12.1 Å². The molecule has 0 heterocycles. The molecule has 0 fully saturated rings. The summed E-state index contributed by atoms with van der Waals surface area (Å²) in [6, 6.07) is 5.95. The molecule has 0 unspecified atom stereocenters. The number of halogens is 3. The number of hydrogen-bond acceptors (Lipinski definition) is 3. The summed E-state index contributed by atoms with van der Waals surface area (Å²) < 4.78 is 62.8. The van der Waals surface area contributed by atoms with Crippen molar-refractivity contribution >= 4 is 9.84 Å². The summed E-state index contributed by atoms with van der Waals surface area (Å²) in [5.74, 6) is -2.07. The topological polar surface area (TPSA) is 60.2 Å². The first-order valence-electron chi connectivity index (χ1n) is 4.57. The van der Waals surface area contributed by atoms with Crippen LogP contribution in [0.15, 0.2) is 47.1 Å². The van der Waals surface area contributed by atoms with Crippen LogP contribution in [0.3, 0.4) is 0 Å². The van der Waals surface area contributed by atoms with Gasteiger partial charge >= 0.3 is 5.25 Å². The van der Waals surface area contributed by atoms with Crippen molar-refractivity contribution in [2.45, 2.75) is 10.2 Å². The van der Waals surface area contributed by atoms with Gasteiger partial charge in [0.25, 0.3) is 9.84 Å². The second-order valence-electron chi connectivity index (χ2n) is 3.12. The molecule has 0 atom stereocenters. The summed E-state index contributed by atoms with van der Waals surface area (Å²) >= 11 is 0. The monoisotopic (exact) mass is 265 g/mol.